The zero-order valence-corrected chi connectivity index (χ0v) is 15.5. The molecule has 144 valence electrons. The molecule has 28 heavy (non-hydrogen) atoms. The molecule has 0 bridgehead atoms. The third-order valence-electron chi connectivity index (χ3n) is 3.97. The van der Waals surface area contributed by atoms with Gasteiger partial charge < -0.3 is 14.8 Å². The zero-order chi connectivity index (χ0) is 20.1. The van der Waals surface area contributed by atoms with Gasteiger partial charge in [0.1, 0.15) is 11.5 Å². The molecule has 0 aliphatic heterocycles. The van der Waals surface area contributed by atoms with Crippen LogP contribution in [0.15, 0.2) is 66.7 Å². The molecule has 7 heteroatoms. The zero-order valence-electron chi connectivity index (χ0n) is 14.8. The lowest BCUT2D eigenvalue weighted by Crippen LogP contribution is -2.12. The standard InChI is InChI=1S/C21H16ClF2NO3/c1-27-15-9-6-13(7-10-15)17-12-14(8-11-19(17)28-21(23)24)25-20(26)16-4-2-3-5-18(16)22/h2-12,21H,1H3,(H,25,26). The van der Waals surface area contributed by atoms with E-state index < -0.39 is 12.5 Å². The number of benzene rings is 3. The fraction of sp³-hybridized carbons (Fsp3) is 0.0952. The molecule has 0 unspecified atom stereocenters. The maximum atomic E-state index is 12.8. The second-order valence-electron chi connectivity index (χ2n) is 5.75. The quantitative estimate of drug-likeness (QED) is 0.560. The summed E-state index contributed by atoms with van der Waals surface area (Å²) in [6.45, 7) is -2.97. The number of hydrogen-bond donors (Lipinski definition) is 1. The van der Waals surface area contributed by atoms with Crippen LogP contribution in [0.25, 0.3) is 11.1 Å². The molecular formula is C21H16ClF2NO3. The van der Waals surface area contributed by atoms with Crippen LogP contribution in [0.4, 0.5) is 14.5 Å². The highest BCUT2D eigenvalue weighted by atomic mass is 35.5. The van der Waals surface area contributed by atoms with E-state index in [1.54, 1.807) is 54.6 Å². The Hall–Kier alpha value is -3.12. The van der Waals surface area contributed by atoms with Gasteiger partial charge in [-0.1, -0.05) is 35.9 Å². The molecule has 0 aliphatic rings. The van der Waals surface area contributed by atoms with Crippen molar-refractivity contribution in [2.75, 3.05) is 12.4 Å². The minimum absolute atomic E-state index is 0.00379. The van der Waals surface area contributed by atoms with Crippen LogP contribution in [-0.2, 0) is 0 Å². The van der Waals surface area contributed by atoms with Crippen molar-refractivity contribution in [3.63, 3.8) is 0 Å². The van der Waals surface area contributed by atoms with Gasteiger partial charge in [0.05, 0.1) is 17.7 Å². The third kappa shape index (κ3) is 4.58. The minimum atomic E-state index is -2.97. The first kappa shape index (κ1) is 19.6. The summed E-state index contributed by atoms with van der Waals surface area (Å²) < 4.78 is 35.3. The lowest BCUT2D eigenvalue weighted by Gasteiger charge is -2.14. The van der Waals surface area contributed by atoms with Crippen molar-refractivity contribution in [1.82, 2.24) is 0 Å². The van der Waals surface area contributed by atoms with E-state index in [0.29, 0.717) is 33.1 Å². The summed E-state index contributed by atoms with van der Waals surface area (Å²) in [6, 6.07) is 17.9. The first-order valence-electron chi connectivity index (χ1n) is 8.27. The van der Waals surface area contributed by atoms with Gasteiger partial charge in [0.2, 0.25) is 0 Å². The summed E-state index contributed by atoms with van der Waals surface area (Å²) in [7, 11) is 1.53. The maximum absolute atomic E-state index is 12.8. The molecule has 0 aliphatic carbocycles. The second kappa shape index (κ2) is 8.71. The van der Waals surface area contributed by atoms with E-state index in [-0.39, 0.29) is 5.75 Å². The summed E-state index contributed by atoms with van der Waals surface area (Å²) in [5.74, 6) is 0.216. The largest absolute Gasteiger partial charge is 0.497 e. The molecular weight excluding hydrogens is 388 g/mol. The number of hydrogen-bond acceptors (Lipinski definition) is 3. The molecule has 4 nitrogen and oxygen atoms in total. The van der Waals surface area contributed by atoms with Crippen molar-refractivity contribution in [3.8, 4) is 22.6 Å². The molecule has 0 saturated heterocycles. The molecule has 0 fully saturated rings. The fourth-order valence-electron chi connectivity index (χ4n) is 2.65. The molecule has 3 aromatic carbocycles. The van der Waals surface area contributed by atoms with Crippen molar-refractivity contribution in [3.05, 3.63) is 77.3 Å². The number of nitrogens with one attached hydrogen (secondary N) is 1. The Labute approximate surface area is 165 Å². The van der Waals surface area contributed by atoms with E-state index in [2.05, 4.69) is 10.1 Å². The SMILES string of the molecule is COc1ccc(-c2cc(NC(=O)c3ccccc3Cl)ccc2OC(F)F)cc1. The van der Waals surface area contributed by atoms with Crippen molar-refractivity contribution >= 4 is 23.2 Å². The smallest absolute Gasteiger partial charge is 0.387 e. The van der Waals surface area contributed by atoms with Crippen molar-refractivity contribution < 1.29 is 23.0 Å². The summed E-state index contributed by atoms with van der Waals surface area (Å²) in [5, 5.41) is 3.03. The first-order valence-corrected chi connectivity index (χ1v) is 8.65. The highest BCUT2D eigenvalue weighted by Crippen LogP contribution is 2.35. The fourth-order valence-corrected chi connectivity index (χ4v) is 2.87. The highest BCUT2D eigenvalue weighted by Gasteiger charge is 2.15. The molecule has 0 aromatic heterocycles. The van der Waals surface area contributed by atoms with E-state index in [0.717, 1.165) is 0 Å². The van der Waals surface area contributed by atoms with Crippen molar-refractivity contribution in [2.45, 2.75) is 6.61 Å². The normalized spacial score (nSPS) is 10.6. The number of rotatable bonds is 6. The monoisotopic (exact) mass is 403 g/mol. The van der Waals surface area contributed by atoms with Gasteiger partial charge in [-0.15, -0.1) is 0 Å². The molecule has 0 atom stereocenters. The van der Waals surface area contributed by atoms with E-state index in [4.69, 9.17) is 16.3 Å². The number of ether oxygens (including phenoxy) is 2. The van der Waals surface area contributed by atoms with Gasteiger partial charge in [-0.3, -0.25) is 4.79 Å². The minimum Gasteiger partial charge on any atom is -0.497 e. The van der Waals surface area contributed by atoms with Gasteiger partial charge in [0.25, 0.3) is 5.91 Å². The predicted molar refractivity (Wildman–Crippen MR) is 104 cm³/mol. The Morgan fingerprint density at radius 1 is 1.04 bits per heavy atom. The topological polar surface area (TPSA) is 47.6 Å². The molecule has 0 heterocycles. The van der Waals surface area contributed by atoms with Crippen LogP contribution < -0.4 is 14.8 Å². The Kier molecular flexibility index (Phi) is 6.11. The highest BCUT2D eigenvalue weighted by molar-refractivity contribution is 6.34. The molecule has 0 saturated carbocycles. The average molecular weight is 404 g/mol. The number of carbonyl (C=O) groups excluding carboxylic acids is 1. The maximum Gasteiger partial charge on any atom is 0.387 e. The van der Waals surface area contributed by atoms with Crippen LogP contribution in [-0.4, -0.2) is 19.6 Å². The van der Waals surface area contributed by atoms with Crippen LogP contribution >= 0.6 is 11.6 Å². The first-order chi connectivity index (χ1) is 13.5. The molecule has 3 aromatic rings. The Balaban J connectivity index is 1.95. The molecule has 3 rings (SSSR count). The average Bonchev–Trinajstić information content (AvgIpc) is 2.69. The third-order valence-corrected chi connectivity index (χ3v) is 4.30. The lowest BCUT2D eigenvalue weighted by molar-refractivity contribution is -0.0494. The summed E-state index contributed by atoms with van der Waals surface area (Å²) in [4.78, 5) is 12.5. The predicted octanol–water partition coefficient (Wildman–Crippen LogP) is 5.87. The summed E-state index contributed by atoms with van der Waals surface area (Å²) in [6.07, 6.45) is 0. The summed E-state index contributed by atoms with van der Waals surface area (Å²) >= 11 is 6.05. The van der Waals surface area contributed by atoms with E-state index in [1.165, 1.54) is 19.2 Å². The number of anilines is 1. The van der Waals surface area contributed by atoms with E-state index in [1.807, 2.05) is 0 Å². The van der Waals surface area contributed by atoms with E-state index >= 15 is 0 Å². The van der Waals surface area contributed by atoms with Crippen LogP contribution in [0, 0.1) is 0 Å². The molecule has 0 spiro atoms. The van der Waals surface area contributed by atoms with Crippen LogP contribution in [0.3, 0.4) is 0 Å². The van der Waals surface area contributed by atoms with Gasteiger partial charge in [-0.25, -0.2) is 0 Å². The van der Waals surface area contributed by atoms with Crippen LogP contribution in [0.1, 0.15) is 10.4 Å². The van der Waals surface area contributed by atoms with Crippen LogP contribution in [0.2, 0.25) is 5.02 Å². The Bertz CT molecular complexity index is 978. The number of halogens is 3. The molecule has 1 amide bonds. The number of alkyl halides is 2. The number of amides is 1. The van der Waals surface area contributed by atoms with Gasteiger partial charge in [-0.2, -0.15) is 8.78 Å². The number of carbonyl (C=O) groups is 1. The van der Waals surface area contributed by atoms with E-state index in [9.17, 15) is 13.6 Å². The molecule has 1 N–H and O–H groups in total. The van der Waals surface area contributed by atoms with Crippen LogP contribution in [0.5, 0.6) is 11.5 Å². The van der Waals surface area contributed by atoms with Crippen molar-refractivity contribution in [2.24, 2.45) is 0 Å². The summed E-state index contributed by atoms with van der Waals surface area (Å²) in [5.41, 5.74) is 1.76. The second-order valence-corrected chi connectivity index (χ2v) is 6.16. The van der Waals surface area contributed by atoms with Gasteiger partial charge in [0.15, 0.2) is 0 Å². The van der Waals surface area contributed by atoms with Gasteiger partial charge in [-0.05, 0) is 48.0 Å². The number of methoxy groups -OCH3 is 1. The van der Waals surface area contributed by atoms with Gasteiger partial charge >= 0.3 is 6.61 Å². The molecule has 0 radical (unpaired) electrons. The Morgan fingerprint density at radius 3 is 2.39 bits per heavy atom. The Morgan fingerprint density at radius 2 is 1.75 bits per heavy atom. The van der Waals surface area contributed by atoms with Crippen molar-refractivity contribution in [1.29, 1.82) is 0 Å². The van der Waals surface area contributed by atoms with Gasteiger partial charge in [0, 0.05) is 11.3 Å². The lowest BCUT2D eigenvalue weighted by atomic mass is 10.0.